The summed E-state index contributed by atoms with van der Waals surface area (Å²) in [6.45, 7) is 3.26. The van der Waals surface area contributed by atoms with Crippen LogP contribution in [-0.2, 0) is 4.79 Å². The summed E-state index contributed by atoms with van der Waals surface area (Å²) < 4.78 is 0. The summed E-state index contributed by atoms with van der Waals surface area (Å²) in [4.78, 5) is 26.8. The van der Waals surface area contributed by atoms with Crippen molar-refractivity contribution in [1.82, 2.24) is 4.90 Å². The molecule has 1 heterocycles. The molecule has 4 rings (SSSR count). The van der Waals surface area contributed by atoms with Gasteiger partial charge in [0.15, 0.2) is 0 Å². The Hall–Kier alpha value is -3.08. The molecule has 2 aromatic rings. The summed E-state index contributed by atoms with van der Waals surface area (Å²) in [5.74, 6) is 0.811. The van der Waals surface area contributed by atoms with E-state index in [9.17, 15) is 14.7 Å². The van der Waals surface area contributed by atoms with Crippen molar-refractivity contribution in [2.45, 2.75) is 19.8 Å². The molecule has 0 spiro atoms. The van der Waals surface area contributed by atoms with Crippen molar-refractivity contribution in [3.8, 4) is 5.75 Å². The number of amides is 2. The van der Waals surface area contributed by atoms with Crippen LogP contribution in [0, 0.1) is 11.8 Å². The molecule has 2 aromatic carbocycles. The molecule has 144 valence electrons. The van der Waals surface area contributed by atoms with Crippen LogP contribution in [0.25, 0.3) is 5.57 Å². The first kappa shape index (κ1) is 18.3. The maximum absolute atomic E-state index is 12.9. The topological polar surface area (TPSA) is 69.6 Å². The highest BCUT2D eigenvalue weighted by Gasteiger charge is 2.39. The normalized spacial score (nSPS) is 21.0. The van der Waals surface area contributed by atoms with Crippen molar-refractivity contribution in [3.63, 3.8) is 0 Å². The summed E-state index contributed by atoms with van der Waals surface area (Å²) in [6, 6.07) is 14.3. The number of hydrogen-bond acceptors (Lipinski definition) is 3. The first-order valence-electron chi connectivity index (χ1n) is 9.70. The van der Waals surface area contributed by atoms with Crippen LogP contribution < -0.4 is 5.32 Å². The van der Waals surface area contributed by atoms with Gasteiger partial charge in [-0.25, -0.2) is 0 Å². The molecular formula is C23H24N2O3. The molecule has 0 unspecified atom stereocenters. The van der Waals surface area contributed by atoms with Crippen molar-refractivity contribution < 1.29 is 14.7 Å². The Bertz CT molecular complexity index is 933. The fourth-order valence-electron chi connectivity index (χ4n) is 3.63. The molecule has 0 radical (unpaired) electrons. The summed E-state index contributed by atoms with van der Waals surface area (Å²) in [5.41, 5.74) is 3.52. The number of rotatable bonds is 4. The van der Waals surface area contributed by atoms with Crippen molar-refractivity contribution >= 4 is 23.1 Å². The highest BCUT2D eigenvalue weighted by molar-refractivity contribution is 5.98. The molecule has 5 nitrogen and oxygen atoms in total. The predicted octanol–water partition coefficient (Wildman–Crippen LogP) is 3.92. The lowest BCUT2D eigenvalue weighted by Crippen LogP contribution is -2.34. The molecule has 2 aliphatic rings. The van der Waals surface area contributed by atoms with E-state index in [4.69, 9.17) is 0 Å². The van der Waals surface area contributed by atoms with E-state index in [2.05, 4.69) is 18.3 Å². The summed E-state index contributed by atoms with van der Waals surface area (Å²) in [7, 11) is 0. The van der Waals surface area contributed by atoms with Gasteiger partial charge in [-0.15, -0.1) is 0 Å². The minimum absolute atomic E-state index is 0.0307. The first-order valence-corrected chi connectivity index (χ1v) is 9.70. The van der Waals surface area contributed by atoms with Crippen LogP contribution in [0.4, 0.5) is 5.69 Å². The Balaban J connectivity index is 1.41. The van der Waals surface area contributed by atoms with Crippen molar-refractivity contribution in [2.24, 2.45) is 11.8 Å². The lowest BCUT2D eigenvalue weighted by molar-refractivity contribution is -0.117. The summed E-state index contributed by atoms with van der Waals surface area (Å²) in [6.07, 6.45) is 3.77. The monoisotopic (exact) mass is 376 g/mol. The number of aromatic hydroxyl groups is 1. The van der Waals surface area contributed by atoms with Crippen LogP contribution in [-0.4, -0.2) is 34.9 Å². The van der Waals surface area contributed by atoms with Gasteiger partial charge in [0.1, 0.15) is 5.75 Å². The van der Waals surface area contributed by atoms with Gasteiger partial charge >= 0.3 is 0 Å². The van der Waals surface area contributed by atoms with Crippen molar-refractivity contribution in [1.29, 1.82) is 0 Å². The van der Waals surface area contributed by atoms with Gasteiger partial charge in [0.2, 0.25) is 5.91 Å². The first-order chi connectivity index (χ1) is 13.5. The third-order valence-corrected chi connectivity index (χ3v) is 5.56. The molecule has 28 heavy (non-hydrogen) atoms. The number of carbonyl (C=O) groups is 2. The molecular weight excluding hydrogens is 352 g/mol. The minimum atomic E-state index is -0.0307. The lowest BCUT2D eigenvalue weighted by Gasteiger charge is -2.27. The van der Waals surface area contributed by atoms with Crippen LogP contribution in [0.2, 0.25) is 0 Å². The fraction of sp³-hybridized carbons (Fsp3) is 0.304. The van der Waals surface area contributed by atoms with Gasteiger partial charge in [0, 0.05) is 30.3 Å². The van der Waals surface area contributed by atoms with E-state index in [1.807, 2.05) is 23.1 Å². The molecule has 2 amide bonds. The SMILES string of the molecule is C[C@@H]1C[C@H]1C(=O)Nc1cccc(C(=O)N2CC=C(c3ccc(O)cc3)CC2)c1. The van der Waals surface area contributed by atoms with E-state index >= 15 is 0 Å². The van der Waals surface area contributed by atoms with E-state index in [1.54, 1.807) is 30.3 Å². The van der Waals surface area contributed by atoms with E-state index in [-0.39, 0.29) is 23.5 Å². The van der Waals surface area contributed by atoms with Gasteiger partial charge in [-0.3, -0.25) is 9.59 Å². The van der Waals surface area contributed by atoms with Gasteiger partial charge in [-0.2, -0.15) is 0 Å². The number of benzene rings is 2. The molecule has 1 fully saturated rings. The fourth-order valence-corrected chi connectivity index (χ4v) is 3.63. The average molecular weight is 376 g/mol. The highest BCUT2D eigenvalue weighted by atomic mass is 16.3. The number of nitrogens with one attached hydrogen (secondary N) is 1. The number of nitrogens with zero attached hydrogens (tertiary/aromatic N) is 1. The zero-order valence-corrected chi connectivity index (χ0v) is 15.9. The van der Waals surface area contributed by atoms with E-state index in [0.717, 1.165) is 18.4 Å². The molecule has 0 saturated heterocycles. The molecule has 1 saturated carbocycles. The molecule has 2 atom stereocenters. The van der Waals surface area contributed by atoms with Gasteiger partial charge < -0.3 is 15.3 Å². The maximum Gasteiger partial charge on any atom is 0.254 e. The number of anilines is 1. The minimum Gasteiger partial charge on any atom is -0.508 e. The third-order valence-electron chi connectivity index (χ3n) is 5.56. The molecule has 0 aromatic heterocycles. The highest BCUT2D eigenvalue weighted by Crippen LogP contribution is 2.38. The Morgan fingerprint density at radius 3 is 2.54 bits per heavy atom. The van der Waals surface area contributed by atoms with Crippen molar-refractivity contribution in [3.05, 3.63) is 65.7 Å². The molecule has 2 N–H and O–H groups in total. The van der Waals surface area contributed by atoms with Gasteiger partial charge in [-0.1, -0.05) is 31.2 Å². The molecule has 0 bridgehead atoms. The molecule has 1 aliphatic carbocycles. The summed E-state index contributed by atoms with van der Waals surface area (Å²) in [5, 5.41) is 12.3. The summed E-state index contributed by atoms with van der Waals surface area (Å²) >= 11 is 0. The second-order valence-corrected chi connectivity index (χ2v) is 7.67. The average Bonchev–Trinajstić information content (AvgIpc) is 3.45. The van der Waals surface area contributed by atoms with Gasteiger partial charge in [0.05, 0.1) is 0 Å². The Morgan fingerprint density at radius 1 is 1.14 bits per heavy atom. The van der Waals surface area contributed by atoms with E-state index in [0.29, 0.717) is 30.3 Å². The number of hydrogen-bond donors (Lipinski definition) is 2. The van der Waals surface area contributed by atoms with Crippen LogP contribution >= 0.6 is 0 Å². The van der Waals surface area contributed by atoms with Gasteiger partial charge in [-0.05, 0) is 60.2 Å². The maximum atomic E-state index is 12.9. The third kappa shape index (κ3) is 3.93. The van der Waals surface area contributed by atoms with Crippen LogP contribution in [0.15, 0.2) is 54.6 Å². The largest absolute Gasteiger partial charge is 0.508 e. The van der Waals surface area contributed by atoms with Gasteiger partial charge in [0.25, 0.3) is 5.91 Å². The predicted molar refractivity (Wildman–Crippen MR) is 109 cm³/mol. The quantitative estimate of drug-likeness (QED) is 0.850. The number of carbonyl (C=O) groups excluding carboxylic acids is 2. The zero-order chi connectivity index (χ0) is 19.7. The smallest absolute Gasteiger partial charge is 0.254 e. The second kappa shape index (κ2) is 7.50. The standard InChI is InChI=1S/C23H24N2O3/c1-15-13-21(15)22(27)24-19-4-2-3-18(14-19)23(28)25-11-9-17(10-12-25)16-5-7-20(26)8-6-16/h2-9,14-15,21,26H,10-13H2,1H3,(H,24,27)/t15-,21-/m1/s1. The Morgan fingerprint density at radius 2 is 1.89 bits per heavy atom. The van der Waals surface area contributed by atoms with Crippen LogP contribution in [0.3, 0.4) is 0 Å². The second-order valence-electron chi connectivity index (χ2n) is 7.67. The Kier molecular flexibility index (Phi) is 4.90. The number of phenols is 1. The molecule has 1 aliphatic heterocycles. The van der Waals surface area contributed by atoms with Crippen LogP contribution in [0.1, 0.15) is 35.7 Å². The van der Waals surface area contributed by atoms with E-state index in [1.165, 1.54) is 5.57 Å². The number of phenolic OH excluding ortho intramolecular Hbond substituents is 1. The van der Waals surface area contributed by atoms with E-state index < -0.39 is 0 Å². The lowest BCUT2D eigenvalue weighted by atomic mass is 9.99. The Labute approximate surface area is 164 Å². The zero-order valence-electron chi connectivity index (χ0n) is 15.9. The van der Waals surface area contributed by atoms with Crippen molar-refractivity contribution in [2.75, 3.05) is 18.4 Å². The molecule has 5 heteroatoms. The van der Waals surface area contributed by atoms with Crippen LogP contribution in [0.5, 0.6) is 5.75 Å².